The zero-order valence-corrected chi connectivity index (χ0v) is 18.3. The van der Waals surface area contributed by atoms with Crippen LogP contribution < -0.4 is 9.80 Å². The third-order valence-electron chi connectivity index (χ3n) is 5.75. The summed E-state index contributed by atoms with van der Waals surface area (Å²) < 4.78 is 10.5. The molecule has 0 radical (unpaired) electrons. The Bertz CT molecular complexity index is 1090. The number of piperazine rings is 1. The van der Waals surface area contributed by atoms with Crippen molar-refractivity contribution in [1.29, 1.82) is 5.26 Å². The summed E-state index contributed by atoms with van der Waals surface area (Å²) >= 11 is 0. The SMILES string of the molecule is CC(=O)OCc1ccccc1N1CCN(C(=O)C2CN(c3ccc(C#N)cc3)C(=O)O2)CC1. The van der Waals surface area contributed by atoms with E-state index in [1.807, 2.05) is 30.3 Å². The number of ether oxygens (including phenoxy) is 2. The fourth-order valence-electron chi connectivity index (χ4n) is 4.01. The monoisotopic (exact) mass is 448 g/mol. The third-order valence-corrected chi connectivity index (χ3v) is 5.75. The average Bonchev–Trinajstić information content (AvgIpc) is 3.24. The second kappa shape index (κ2) is 9.61. The van der Waals surface area contributed by atoms with Crippen molar-refractivity contribution in [3.05, 3.63) is 59.7 Å². The van der Waals surface area contributed by atoms with E-state index < -0.39 is 12.2 Å². The Balaban J connectivity index is 1.36. The molecule has 2 fully saturated rings. The van der Waals surface area contributed by atoms with Gasteiger partial charge in [0.05, 0.1) is 18.2 Å². The zero-order valence-electron chi connectivity index (χ0n) is 18.3. The molecular formula is C24H24N4O5. The molecule has 0 spiro atoms. The first-order valence-electron chi connectivity index (χ1n) is 10.7. The number of carbonyl (C=O) groups is 3. The maximum absolute atomic E-state index is 13.0. The molecule has 4 rings (SSSR count). The van der Waals surface area contributed by atoms with Gasteiger partial charge in [-0.15, -0.1) is 0 Å². The fraction of sp³-hybridized carbons (Fsp3) is 0.333. The molecule has 2 heterocycles. The molecule has 9 nitrogen and oxygen atoms in total. The van der Waals surface area contributed by atoms with Crippen molar-refractivity contribution in [2.24, 2.45) is 0 Å². The Morgan fingerprint density at radius 2 is 1.79 bits per heavy atom. The molecule has 2 aromatic carbocycles. The lowest BCUT2D eigenvalue weighted by molar-refractivity contribution is -0.142. The quantitative estimate of drug-likeness (QED) is 0.647. The van der Waals surface area contributed by atoms with Crippen LogP contribution in [0, 0.1) is 11.3 Å². The van der Waals surface area contributed by atoms with Gasteiger partial charge in [-0.1, -0.05) is 18.2 Å². The van der Waals surface area contributed by atoms with Crippen LogP contribution in [-0.4, -0.2) is 61.7 Å². The van der Waals surface area contributed by atoms with Crippen LogP contribution in [0.5, 0.6) is 0 Å². The number of cyclic esters (lactones) is 1. The lowest BCUT2D eigenvalue weighted by atomic mass is 10.1. The molecule has 0 N–H and O–H groups in total. The summed E-state index contributed by atoms with van der Waals surface area (Å²) in [5.74, 6) is -0.547. The molecule has 0 aromatic heterocycles. The first-order valence-corrected chi connectivity index (χ1v) is 10.7. The predicted molar refractivity (Wildman–Crippen MR) is 119 cm³/mol. The minimum atomic E-state index is -0.865. The number of anilines is 2. The average molecular weight is 448 g/mol. The van der Waals surface area contributed by atoms with Gasteiger partial charge in [-0.05, 0) is 30.3 Å². The summed E-state index contributed by atoms with van der Waals surface area (Å²) in [6, 6.07) is 16.3. The summed E-state index contributed by atoms with van der Waals surface area (Å²) in [7, 11) is 0. The van der Waals surface area contributed by atoms with Crippen LogP contribution in [-0.2, 0) is 25.7 Å². The predicted octanol–water partition coefficient (Wildman–Crippen LogP) is 2.30. The maximum Gasteiger partial charge on any atom is 0.415 e. The van der Waals surface area contributed by atoms with E-state index in [-0.39, 0.29) is 25.0 Å². The minimum absolute atomic E-state index is 0.134. The van der Waals surface area contributed by atoms with Gasteiger partial charge in [0.25, 0.3) is 5.91 Å². The largest absolute Gasteiger partial charge is 0.461 e. The number of amides is 2. The van der Waals surface area contributed by atoms with Gasteiger partial charge in [-0.2, -0.15) is 5.26 Å². The van der Waals surface area contributed by atoms with Crippen molar-refractivity contribution in [2.45, 2.75) is 19.6 Å². The first-order chi connectivity index (χ1) is 16.0. The molecule has 2 saturated heterocycles. The van der Waals surface area contributed by atoms with Gasteiger partial charge in [0.1, 0.15) is 6.61 Å². The highest BCUT2D eigenvalue weighted by Gasteiger charge is 2.39. The van der Waals surface area contributed by atoms with Crippen molar-refractivity contribution in [1.82, 2.24) is 4.90 Å². The molecule has 9 heteroatoms. The van der Waals surface area contributed by atoms with Crippen LogP contribution >= 0.6 is 0 Å². The first kappa shape index (κ1) is 22.1. The molecule has 0 bridgehead atoms. The number of hydrogen-bond acceptors (Lipinski definition) is 7. The van der Waals surface area contributed by atoms with E-state index in [1.165, 1.54) is 11.8 Å². The normalized spacial score (nSPS) is 18.0. The van der Waals surface area contributed by atoms with Gasteiger partial charge in [-0.3, -0.25) is 14.5 Å². The van der Waals surface area contributed by atoms with Crippen molar-refractivity contribution in [2.75, 3.05) is 42.5 Å². The molecule has 2 aliphatic rings. The molecule has 2 amide bonds. The van der Waals surface area contributed by atoms with Gasteiger partial charge >= 0.3 is 12.1 Å². The van der Waals surface area contributed by atoms with Crippen LogP contribution in [0.4, 0.5) is 16.2 Å². The Hall–Kier alpha value is -4.06. The second-order valence-corrected chi connectivity index (χ2v) is 7.86. The van der Waals surface area contributed by atoms with Crippen LogP contribution in [0.15, 0.2) is 48.5 Å². The Morgan fingerprint density at radius 1 is 1.09 bits per heavy atom. The molecule has 2 aliphatic heterocycles. The zero-order chi connectivity index (χ0) is 23.4. The fourth-order valence-corrected chi connectivity index (χ4v) is 4.01. The van der Waals surface area contributed by atoms with Crippen molar-refractivity contribution >= 4 is 29.3 Å². The minimum Gasteiger partial charge on any atom is -0.461 e. The molecule has 1 atom stereocenters. The number of nitriles is 1. The highest BCUT2D eigenvalue weighted by atomic mass is 16.6. The summed E-state index contributed by atoms with van der Waals surface area (Å²) in [6.07, 6.45) is -1.44. The van der Waals surface area contributed by atoms with Gasteiger partial charge < -0.3 is 19.3 Å². The number of hydrogen-bond donors (Lipinski definition) is 0. The number of carbonyl (C=O) groups excluding carboxylic acids is 3. The molecule has 170 valence electrons. The van der Waals surface area contributed by atoms with Crippen molar-refractivity contribution in [3.8, 4) is 6.07 Å². The maximum atomic E-state index is 13.0. The Morgan fingerprint density at radius 3 is 2.45 bits per heavy atom. The number of esters is 1. The molecule has 2 aromatic rings. The van der Waals surface area contributed by atoms with E-state index in [2.05, 4.69) is 4.90 Å². The van der Waals surface area contributed by atoms with Gasteiger partial charge in [0.15, 0.2) is 6.10 Å². The topological polar surface area (TPSA) is 103 Å². The van der Waals surface area contributed by atoms with Crippen LogP contribution in [0.1, 0.15) is 18.1 Å². The summed E-state index contributed by atoms with van der Waals surface area (Å²) in [6.45, 7) is 3.93. The van der Waals surface area contributed by atoms with Crippen LogP contribution in [0.3, 0.4) is 0 Å². The summed E-state index contributed by atoms with van der Waals surface area (Å²) in [4.78, 5) is 41.8. The van der Waals surface area contributed by atoms with Crippen molar-refractivity contribution < 1.29 is 23.9 Å². The Kier molecular flexibility index (Phi) is 6.45. The number of benzene rings is 2. The highest BCUT2D eigenvalue weighted by Crippen LogP contribution is 2.25. The van der Waals surface area contributed by atoms with Gasteiger partial charge in [0, 0.05) is 50.0 Å². The Labute approximate surface area is 191 Å². The second-order valence-electron chi connectivity index (χ2n) is 7.86. The van der Waals surface area contributed by atoms with Gasteiger partial charge in [0.2, 0.25) is 0 Å². The molecule has 33 heavy (non-hydrogen) atoms. The van der Waals surface area contributed by atoms with E-state index in [4.69, 9.17) is 14.7 Å². The van der Waals surface area contributed by atoms with Crippen LogP contribution in [0.25, 0.3) is 0 Å². The number of rotatable bonds is 5. The smallest absolute Gasteiger partial charge is 0.415 e. The third kappa shape index (κ3) is 4.90. The van der Waals surface area contributed by atoms with E-state index in [9.17, 15) is 14.4 Å². The highest BCUT2D eigenvalue weighted by molar-refractivity contribution is 5.95. The summed E-state index contributed by atoms with van der Waals surface area (Å²) in [5.41, 5.74) is 2.97. The molecule has 0 aliphatic carbocycles. The van der Waals surface area contributed by atoms with E-state index in [0.29, 0.717) is 37.4 Å². The van der Waals surface area contributed by atoms with Crippen LogP contribution in [0.2, 0.25) is 0 Å². The van der Waals surface area contributed by atoms with Crippen molar-refractivity contribution in [3.63, 3.8) is 0 Å². The van der Waals surface area contributed by atoms with E-state index >= 15 is 0 Å². The standard InChI is InChI=1S/C24H24N4O5/c1-17(29)32-16-19-4-2-3-5-21(19)26-10-12-27(13-11-26)23(30)22-15-28(24(31)33-22)20-8-6-18(14-25)7-9-20/h2-9,22H,10-13,15-16H2,1H3. The lowest BCUT2D eigenvalue weighted by Gasteiger charge is -2.37. The number of nitrogens with zero attached hydrogens (tertiary/aromatic N) is 4. The van der Waals surface area contributed by atoms with Gasteiger partial charge in [-0.25, -0.2) is 4.79 Å². The molecular weight excluding hydrogens is 424 g/mol. The summed E-state index contributed by atoms with van der Waals surface area (Å²) in [5, 5.41) is 8.93. The number of para-hydroxylation sites is 1. The van der Waals surface area contributed by atoms with E-state index in [0.717, 1.165) is 11.3 Å². The lowest BCUT2D eigenvalue weighted by Crippen LogP contribution is -2.52. The molecule has 0 saturated carbocycles. The van der Waals surface area contributed by atoms with E-state index in [1.54, 1.807) is 29.2 Å². The molecule has 1 unspecified atom stereocenters.